The molecule has 5 heteroatoms. The van der Waals surface area contributed by atoms with Crippen LogP contribution >= 0.6 is 0 Å². The molecule has 1 fully saturated rings. The Labute approximate surface area is 120 Å². The van der Waals surface area contributed by atoms with Gasteiger partial charge in [0, 0.05) is 7.11 Å². The highest BCUT2D eigenvalue weighted by molar-refractivity contribution is 6.62. The highest BCUT2D eigenvalue weighted by Crippen LogP contribution is 2.36. The van der Waals surface area contributed by atoms with Gasteiger partial charge in [0.05, 0.1) is 17.8 Å². The summed E-state index contributed by atoms with van der Waals surface area (Å²) >= 11 is 0. The molecule has 0 aromatic heterocycles. The second-order valence-corrected chi connectivity index (χ2v) is 6.17. The Morgan fingerprint density at radius 3 is 2.30 bits per heavy atom. The number of methoxy groups -OCH3 is 1. The van der Waals surface area contributed by atoms with E-state index in [-0.39, 0.29) is 5.82 Å². The van der Waals surface area contributed by atoms with E-state index in [0.29, 0.717) is 13.0 Å². The van der Waals surface area contributed by atoms with Crippen molar-refractivity contribution >= 4 is 12.6 Å². The van der Waals surface area contributed by atoms with E-state index in [0.717, 1.165) is 11.0 Å². The number of hydrogen-bond acceptors (Lipinski definition) is 3. The average molecular weight is 280 g/mol. The zero-order chi connectivity index (χ0) is 15.0. The molecule has 1 heterocycles. The van der Waals surface area contributed by atoms with Gasteiger partial charge in [0.2, 0.25) is 0 Å². The van der Waals surface area contributed by atoms with Crippen LogP contribution in [0.3, 0.4) is 0 Å². The topological polar surface area (TPSA) is 27.7 Å². The van der Waals surface area contributed by atoms with Gasteiger partial charge in [0.1, 0.15) is 5.82 Å². The maximum atomic E-state index is 13.4. The van der Waals surface area contributed by atoms with Crippen molar-refractivity contribution in [2.45, 2.75) is 45.3 Å². The third-order valence-electron chi connectivity index (χ3n) is 4.19. The molecule has 1 aliphatic heterocycles. The third kappa shape index (κ3) is 2.90. The van der Waals surface area contributed by atoms with Crippen LogP contribution in [0.4, 0.5) is 4.39 Å². The Kier molecular flexibility index (Phi) is 4.23. The quantitative estimate of drug-likeness (QED) is 0.792. The zero-order valence-electron chi connectivity index (χ0n) is 12.8. The summed E-state index contributed by atoms with van der Waals surface area (Å²) in [4.78, 5) is 0. The van der Waals surface area contributed by atoms with Crippen molar-refractivity contribution in [3.05, 3.63) is 29.6 Å². The Morgan fingerprint density at radius 1 is 1.15 bits per heavy atom. The fourth-order valence-electron chi connectivity index (χ4n) is 2.20. The molecule has 110 valence electrons. The minimum Gasteiger partial charge on any atom is -0.399 e. The normalized spacial score (nSPS) is 20.4. The molecule has 0 spiro atoms. The minimum atomic E-state index is -0.465. The largest absolute Gasteiger partial charge is 0.495 e. The summed E-state index contributed by atoms with van der Waals surface area (Å²) in [5.74, 6) is -0.253. The average Bonchev–Trinajstić information content (AvgIpc) is 2.55. The van der Waals surface area contributed by atoms with Gasteiger partial charge in [0.25, 0.3) is 0 Å². The van der Waals surface area contributed by atoms with E-state index in [1.807, 2.05) is 27.7 Å². The summed E-state index contributed by atoms with van der Waals surface area (Å²) in [7, 11) is 1.17. The van der Waals surface area contributed by atoms with E-state index in [4.69, 9.17) is 14.0 Å². The molecular weight excluding hydrogens is 258 g/mol. The van der Waals surface area contributed by atoms with Crippen LogP contribution in [0.5, 0.6) is 0 Å². The lowest BCUT2D eigenvalue weighted by Gasteiger charge is -2.32. The van der Waals surface area contributed by atoms with Gasteiger partial charge in [0.15, 0.2) is 0 Å². The van der Waals surface area contributed by atoms with Gasteiger partial charge in [-0.3, -0.25) is 0 Å². The molecule has 0 unspecified atom stereocenters. The second-order valence-electron chi connectivity index (χ2n) is 6.17. The first-order valence-electron chi connectivity index (χ1n) is 6.90. The highest BCUT2D eigenvalue weighted by atomic mass is 19.1. The van der Waals surface area contributed by atoms with Crippen LogP contribution in [0.25, 0.3) is 0 Å². The molecule has 0 saturated carbocycles. The first-order valence-corrected chi connectivity index (χ1v) is 6.90. The monoisotopic (exact) mass is 280 g/mol. The summed E-state index contributed by atoms with van der Waals surface area (Å²) in [6.07, 6.45) is 0.633. The van der Waals surface area contributed by atoms with Crippen molar-refractivity contribution in [2.24, 2.45) is 0 Å². The molecule has 0 amide bonds. The zero-order valence-corrected chi connectivity index (χ0v) is 12.8. The summed E-state index contributed by atoms with van der Waals surface area (Å²) < 4.78 is 30.6. The minimum absolute atomic E-state index is 0.253. The first kappa shape index (κ1) is 15.5. The molecule has 1 aromatic carbocycles. The predicted octanol–water partition coefficient (Wildman–Crippen LogP) is 2.31. The number of hydrogen-bond donors (Lipinski definition) is 0. The number of halogens is 1. The third-order valence-corrected chi connectivity index (χ3v) is 4.19. The fourth-order valence-corrected chi connectivity index (χ4v) is 2.20. The van der Waals surface area contributed by atoms with E-state index in [2.05, 4.69) is 0 Å². The van der Waals surface area contributed by atoms with Crippen molar-refractivity contribution in [1.29, 1.82) is 0 Å². The molecule has 20 heavy (non-hydrogen) atoms. The molecule has 0 aliphatic carbocycles. The summed E-state index contributed by atoms with van der Waals surface area (Å²) in [6, 6.07) is 4.71. The molecule has 0 radical (unpaired) electrons. The van der Waals surface area contributed by atoms with Crippen molar-refractivity contribution in [3.63, 3.8) is 0 Å². The van der Waals surface area contributed by atoms with Gasteiger partial charge in [-0.15, -0.1) is 0 Å². The summed E-state index contributed by atoms with van der Waals surface area (Å²) in [5, 5.41) is 0. The number of rotatable bonds is 4. The van der Waals surface area contributed by atoms with E-state index >= 15 is 0 Å². The van der Waals surface area contributed by atoms with Crippen molar-refractivity contribution < 1.29 is 18.4 Å². The molecular formula is C15H22BFO3. The summed E-state index contributed by atoms with van der Waals surface area (Å²) in [5.41, 5.74) is 0.947. The van der Waals surface area contributed by atoms with Gasteiger partial charge in [-0.25, -0.2) is 4.39 Å². The lowest BCUT2D eigenvalue weighted by molar-refractivity contribution is 0.00578. The highest BCUT2D eigenvalue weighted by Gasteiger charge is 2.52. The second kappa shape index (κ2) is 5.47. The van der Waals surface area contributed by atoms with Gasteiger partial charge in [-0.1, -0.05) is 6.07 Å². The molecule has 0 N–H and O–H groups in total. The molecule has 0 bridgehead atoms. The molecule has 1 aliphatic rings. The van der Waals surface area contributed by atoms with Crippen molar-refractivity contribution in [1.82, 2.24) is 0 Å². The Balaban J connectivity index is 2.29. The number of benzene rings is 1. The molecule has 0 atom stereocenters. The lowest BCUT2D eigenvalue weighted by atomic mass is 9.75. The van der Waals surface area contributed by atoms with Gasteiger partial charge in [-0.05, 0) is 57.3 Å². The first-order chi connectivity index (χ1) is 9.27. The molecule has 3 nitrogen and oxygen atoms in total. The Hall–Kier alpha value is -0.905. The van der Waals surface area contributed by atoms with E-state index < -0.39 is 18.3 Å². The smallest absolute Gasteiger partial charge is 0.399 e. The van der Waals surface area contributed by atoms with Crippen molar-refractivity contribution in [2.75, 3.05) is 13.7 Å². The number of ether oxygens (including phenoxy) is 1. The van der Waals surface area contributed by atoms with Crippen LogP contribution in [0.2, 0.25) is 0 Å². The SMILES string of the molecule is COCCc1cc(F)ccc1B1OC(C)(C)C(C)(C)O1. The Bertz CT molecular complexity index is 472. The van der Waals surface area contributed by atoms with Crippen LogP contribution in [0.15, 0.2) is 18.2 Å². The standard InChI is InChI=1S/C15H22BFO3/c1-14(2)15(3,4)20-16(19-14)13-7-6-12(17)10-11(13)8-9-18-5/h6-7,10H,8-9H2,1-5H3. The maximum absolute atomic E-state index is 13.4. The van der Waals surface area contributed by atoms with Crippen LogP contribution in [0.1, 0.15) is 33.3 Å². The van der Waals surface area contributed by atoms with Gasteiger partial charge >= 0.3 is 7.12 Å². The lowest BCUT2D eigenvalue weighted by Crippen LogP contribution is -2.41. The van der Waals surface area contributed by atoms with E-state index in [9.17, 15) is 4.39 Å². The van der Waals surface area contributed by atoms with Gasteiger partial charge < -0.3 is 14.0 Å². The van der Waals surface area contributed by atoms with E-state index in [1.54, 1.807) is 13.2 Å². The van der Waals surface area contributed by atoms with Crippen LogP contribution < -0.4 is 5.46 Å². The van der Waals surface area contributed by atoms with E-state index in [1.165, 1.54) is 12.1 Å². The maximum Gasteiger partial charge on any atom is 0.495 e. The fraction of sp³-hybridized carbons (Fsp3) is 0.600. The molecule has 2 rings (SSSR count). The van der Waals surface area contributed by atoms with Crippen LogP contribution in [-0.2, 0) is 20.5 Å². The van der Waals surface area contributed by atoms with Crippen LogP contribution in [-0.4, -0.2) is 32.0 Å². The Morgan fingerprint density at radius 2 is 1.75 bits per heavy atom. The predicted molar refractivity (Wildman–Crippen MR) is 77.7 cm³/mol. The summed E-state index contributed by atoms with van der Waals surface area (Å²) in [6.45, 7) is 8.56. The molecule has 1 saturated heterocycles. The van der Waals surface area contributed by atoms with Crippen LogP contribution in [0, 0.1) is 5.82 Å². The molecule has 1 aromatic rings. The van der Waals surface area contributed by atoms with Crippen molar-refractivity contribution in [3.8, 4) is 0 Å². The van der Waals surface area contributed by atoms with Gasteiger partial charge in [-0.2, -0.15) is 0 Å².